The Bertz CT molecular complexity index is 879. The standard InChI is InChI=1S/C13H11ClN4.C2HF3O2/c14-10-4-11-9(6-17-13(11)18-7-10)3-8-1-2-12(15)16-5-8;3-2(4,5)1(6)7/h1-2,4-7H,3H2,(H2,15,16)(H,17,18);(H,6,7). The average Bonchev–Trinajstić information content (AvgIpc) is 2.91. The molecule has 0 aromatic carbocycles. The summed E-state index contributed by atoms with van der Waals surface area (Å²) in [4.78, 5) is 20.3. The van der Waals surface area contributed by atoms with Gasteiger partial charge in [-0.05, 0) is 23.3 Å². The first kappa shape index (κ1) is 18.5. The Hall–Kier alpha value is -2.81. The SMILES string of the molecule is Nc1ccc(Cc2c[nH]c3ncc(Cl)cc23)cn1.O=C(O)C(F)(F)F. The molecule has 0 aliphatic heterocycles. The predicted octanol–water partition coefficient (Wildman–Crippen LogP) is 3.42. The molecule has 132 valence electrons. The lowest BCUT2D eigenvalue weighted by Gasteiger charge is -2.00. The molecule has 10 heteroatoms. The van der Waals surface area contributed by atoms with Gasteiger partial charge in [0.2, 0.25) is 0 Å². The van der Waals surface area contributed by atoms with Crippen LogP contribution in [-0.2, 0) is 11.2 Å². The molecule has 3 aromatic heterocycles. The van der Waals surface area contributed by atoms with E-state index < -0.39 is 12.1 Å². The topological polar surface area (TPSA) is 105 Å². The summed E-state index contributed by atoms with van der Waals surface area (Å²) in [7, 11) is 0. The molecule has 25 heavy (non-hydrogen) atoms. The summed E-state index contributed by atoms with van der Waals surface area (Å²) in [5.41, 5.74) is 8.66. The summed E-state index contributed by atoms with van der Waals surface area (Å²) >= 11 is 5.97. The van der Waals surface area contributed by atoms with E-state index >= 15 is 0 Å². The summed E-state index contributed by atoms with van der Waals surface area (Å²) in [6.45, 7) is 0. The molecule has 3 rings (SSSR count). The third kappa shape index (κ3) is 5.08. The molecule has 0 aliphatic carbocycles. The molecule has 0 saturated carbocycles. The third-order valence-corrected chi connectivity index (χ3v) is 3.27. The first-order valence-corrected chi connectivity index (χ1v) is 7.16. The van der Waals surface area contributed by atoms with Gasteiger partial charge in [-0.1, -0.05) is 17.7 Å². The number of halogens is 4. The van der Waals surface area contributed by atoms with Crippen LogP contribution in [0.15, 0.2) is 36.8 Å². The zero-order valence-corrected chi connectivity index (χ0v) is 13.3. The minimum Gasteiger partial charge on any atom is -0.475 e. The number of alkyl halides is 3. The Kier molecular flexibility index (Phi) is 5.48. The second kappa shape index (κ2) is 7.39. The van der Waals surface area contributed by atoms with Crippen LogP contribution in [-0.4, -0.2) is 32.2 Å². The number of carboxylic acid groups (broad SMARTS) is 1. The van der Waals surface area contributed by atoms with Crippen molar-refractivity contribution in [3.8, 4) is 0 Å². The number of carboxylic acids is 1. The number of aliphatic carboxylic acids is 1. The number of rotatable bonds is 2. The van der Waals surface area contributed by atoms with E-state index in [2.05, 4.69) is 15.0 Å². The van der Waals surface area contributed by atoms with Crippen molar-refractivity contribution in [1.29, 1.82) is 0 Å². The number of nitrogens with two attached hydrogens (primary N) is 1. The van der Waals surface area contributed by atoms with Crippen LogP contribution in [0, 0.1) is 0 Å². The van der Waals surface area contributed by atoms with Gasteiger partial charge in [0, 0.05) is 30.4 Å². The first-order chi connectivity index (χ1) is 11.7. The highest BCUT2D eigenvalue weighted by atomic mass is 35.5. The maximum atomic E-state index is 10.6. The van der Waals surface area contributed by atoms with Crippen LogP contribution in [0.2, 0.25) is 5.02 Å². The molecule has 4 N–H and O–H groups in total. The smallest absolute Gasteiger partial charge is 0.475 e. The molecule has 0 atom stereocenters. The number of H-pyrrole nitrogens is 1. The van der Waals surface area contributed by atoms with Gasteiger partial charge in [0.15, 0.2) is 0 Å². The molecule has 0 amide bonds. The minimum atomic E-state index is -5.08. The van der Waals surface area contributed by atoms with Crippen LogP contribution in [0.4, 0.5) is 19.0 Å². The lowest BCUT2D eigenvalue weighted by atomic mass is 10.1. The fourth-order valence-electron chi connectivity index (χ4n) is 1.94. The molecular formula is C15H12ClF3N4O2. The van der Waals surface area contributed by atoms with Gasteiger partial charge in [0.1, 0.15) is 11.5 Å². The van der Waals surface area contributed by atoms with Crippen molar-refractivity contribution < 1.29 is 23.1 Å². The summed E-state index contributed by atoms with van der Waals surface area (Å²) < 4.78 is 31.7. The monoisotopic (exact) mass is 372 g/mol. The maximum absolute atomic E-state index is 10.6. The van der Waals surface area contributed by atoms with Crippen LogP contribution < -0.4 is 5.73 Å². The van der Waals surface area contributed by atoms with E-state index in [1.165, 1.54) is 0 Å². The second-order valence-electron chi connectivity index (χ2n) is 4.93. The highest BCUT2D eigenvalue weighted by Crippen LogP contribution is 2.22. The number of aromatic nitrogens is 3. The average molecular weight is 373 g/mol. The molecule has 0 bridgehead atoms. The third-order valence-electron chi connectivity index (χ3n) is 3.07. The van der Waals surface area contributed by atoms with Crippen molar-refractivity contribution >= 4 is 34.4 Å². The number of carbonyl (C=O) groups is 1. The molecule has 0 spiro atoms. The van der Waals surface area contributed by atoms with Gasteiger partial charge in [-0.2, -0.15) is 13.2 Å². The Labute approximate surface area is 144 Å². The van der Waals surface area contributed by atoms with E-state index in [1.54, 1.807) is 18.5 Å². The largest absolute Gasteiger partial charge is 0.490 e. The highest BCUT2D eigenvalue weighted by molar-refractivity contribution is 6.31. The summed E-state index contributed by atoms with van der Waals surface area (Å²) in [6, 6.07) is 5.69. The molecule has 3 aromatic rings. The van der Waals surface area contributed by atoms with E-state index in [-0.39, 0.29) is 0 Å². The van der Waals surface area contributed by atoms with Crippen LogP contribution in [0.5, 0.6) is 0 Å². The molecule has 0 saturated heterocycles. The quantitative estimate of drug-likeness (QED) is 0.639. The van der Waals surface area contributed by atoms with Crippen molar-refractivity contribution in [3.05, 3.63) is 52.9 Å². The minimum absolute atomic E-state index is 0.530. The van der Waals surface area contributed by atoms with Crippen LogP contribution >= 0.6 is 11.6 Å². The lowest BCUT2D eigenvalue weighted by molar-refractivity contribution is -0.192. The molecule has 0 unspecified atom stereocenters. The maximum Gasteiger partial charge on any atom is 0.490 e. The summed E-state index contributed by atoms with van der Waals surface area (Å²) in [5, 5.41) is 8.80. The fraction of sp³-hybridized carbons (Fsp3) is 0.133. The number of hydrogen-bond acceptors (Lipinski definition) is 4. The van der Waals surface area contributed by atoms with Crippen LogP contribution in [0.1, 0.15) is 11.1 Å². The van der Waals surface area contributed by atoms with Crippen molar-refractivity contribution in [2.45, 2.75) is 12.6 Å². The van der Waals surface area contributed by atoms with Crippen molar-refractivity contribution in [3.63, 3.8) is 0 Å². The number of nitrogens with one attached hydrogen (secondary N) is 1. The highest BCUT2D eigenvalue weighted by Gasteiger charge is 2.38. The molecule has 0 fully saturated rings. The predicted molar refractivity (Wildman–Crippen MR) is 86.2 cm³/mol. The molecule has 3 heterocycles. The van der Waals surface area contributed by atoms with E-state index in [0.717, 1.165) is 28.6 Å². The van der Waals surface area contributed by atoms with Gasteiger partial charge in [0.25, 0.3) is 0 Å². The van der Waals surface area contributed by atoms with Gasteiger partial charge >= 0.3 is 12.1 Å². The van der Waals surface area contributed by atoms with Gasteiger partial charge in [0.05, 0.1) is 5.02 Å². The van der Waals surface area contributed by atoms with E-state index in [4.69, 9.17) is 27.2 Å². The van der Waals surface area contributed by atoms with Crippen molar-refractivity contribution in [1.82, 2.24) is 15.0 Å². The van der Waals surface area contributed by atoms with E-state index in [1.807, 2.05) is 18.3 Å². The number of fused-ring (bicyclic) bond motifs is 1. The number of hydrogen-bond donors (Lipinski definition) is 3. The van der Waals surface area contributed by atoms with E-state index in [0.29, 0.717) is 10.8 Å². The Morgan fingerprint density at radius 2 is 1.96 bits per heavy atom. The molecule has 6 nitrogen and oxygen atoms in total. The van der Waals surface area contributed by atoms with Gasteiger partial charge in [-0.25, -0.2) is 14.8 Å². The Balaban J connectivity index is 0.000000277. The normalized spacial score (nSPS) is 11.0. The lowest BCUT2D eigenvalue weighted by Crippen LogP contribution is -2.21. The number of nitrogen functional groups attached to an aromatic ring is 1. The second-order valence-corrected chi connectivity index (χ2v) is 5.37. The van der Waals surface area contributed by atoms with Crippen LogP contribution in [0.25, 0.3) is 11.0 Å². The van der Waals surface area contributed by atoms with E-state index in [9.17, 15) is 13.2 Å². The van der Waals surface area contributed by atoms with Gasteiger partial charge < -0.3 is 15.8 Å². The van der Waals surface area contributed by atoms with Gasteiger partial charge in [-0.15, -0.1) is 0 Å². The van der Waals surface area contributed by atoms with Crippen molar-refractivity contribution in [2.24, 2.45) is 0 Å². The number of anilines is 1. The van der Waals surface area contributed by atoms with Crippen molar-refractivity contribution in [2.75, 3.05) is 5.73 Å². The Morgan fingerprint density at radius 1 is 1.28 bits per heavy atom. The molecule has 0 aliphatic rings. The summed E-state index contributed by atoms with van der Waals surface area (Å²) in [5.74, 6) is -2.23. The number of aromatic amines is 1. The first-order valence-electron chi connectivity index (χ1n) is 6.79. The molecular weight excluding hydrogens is 361 g/mol. The number of nitrogens with zero attached hydrogens (tertiary/aromatic N) is 2. The Morgan fingerprint density at radius 3 is 2.52 bits per heavy atom. The number of pyridine rings is 2. The zero-order valence-electron chi connectivity index (χ0n) is 12.5. The zero-order chi connectivity index (χ0) is 18.6. The van der Waals surface area contributed by atoms with Crippen LogP contribution in [0.3, 0.4) is 0 Å². The fourth-order valence-corrected chi connectivity index (χ4v) is 2.10. The summed E-state index contributed by atoms with van der Waals surface area (Å²) in [6.07, 6.45) is 1.06. The molecule has 0 radical (unpaired) electrons. The van der Waals surface area contributed by atoms with Gasteiger partial charge in [-0.3, -0.25) is 0 Å².